The molecule has 6 heteroatoms. The maximum absolute atomic E-state index is 13.3. The zero-order valence-corrected chi connectivity index (χ0v) is 17.6. The summed E-state index contributed by atoms with van der Waals surface area (Å²) in [6, 6.07) is 14.7. The third-order valence-corrected chi connectivity index (χ3v) is 5.59. The molecule has 6 nitrogen and oxygen atoms in total. The minimum Gasteiger partial charge on any atom is -0.338 e. The zero-order valence-electron chi connectivity index (χ0n) is 17.6. The molecule has 0 aliphatic carbocycles. The summed E-state index contributed by atoms with van der Waals surface area (Å²) in [5.41, 5.74) is 2.82. The summed E-state index contributed by atoms with van der Waals surface area (Å²) < 4.78 is 0. The number of amides is 3. The smallest absolute Gasteiger partial charge is 0.256 e. The van der Waals surface area contributed by atoms with Gasteiger partial charge in [-0.1, -0.05) is 57.2 Å². The lowest BCUT2D eigenvalue weighted by molar-refractivity contribution is -0.137. The first-order chi connectivity index (χ1) is 14.2. The van der Waals surface area contributed by atoms with E-state index in [-0.39, 0.29) is 29.7 Å². The van der Waals surface area contributed by atoms with Gasteiger partial charge in [0.1, 0.15) is 6.04 Å². The van der Waals surface area contributed by atoms with Gasteiger partial charge in [-0.05, 0) is 28.7 Å². The van der Waals surface area contributed by atoms with Crippen molar-refractivity contribution in [3.05, 3.63) is 54.1 Å². The average molecular weight is 405 g/mol. The Morgan fingerprint density at radius 3 is 2.47 bits per heavy atom. The molecule has 4 rings (SSSR count). The van der Waals surface area contributed by atoms with E-state index in [9.17, 15) is 14.4 Å². The van der Waals surface area contributed by atoms with Crippen molar-refractivity contribution in [1.82, 2.24) is 9.80 Å². The van der Waals surface area contributed by atoms with Crippen molar-refractivity contribution in [2.24, 2.45) is 5.41 Å². The summed E-state index contributed by atoms with van der Waals surface area (Å²) in [6.45, 7) is 7.07. The van der Waals surface area contributed by atoms with Crippen LogP contribution in [0.3, 0.4) is 0 Å². The van der Waals surface area contributed by atoms with E-state index < -0.39 is 6.04 Å². The highest BCUT2D eigenvalue weighted by Gasteiger charge is 2.40. The molecule has 0 radical (unpaired) electrons. The van der Waals surface area contributed by atoms with Gasteiger partial charge >= 0.3 is 0 Å². The zero-order chi connectivity index (χ0) is 21.5. The number of benzene rings is 2. The first kappa shape index (κ1) is 20.1. The van der Waals surface area contributed by atoms with Crippen LogP contribution in [0.15, 0.2) is 48.5 Å². The molecule has 2 aliphatic rings. The molecule has 1 unspecified atom stereocenters. The molecule has 1 atom stereocenters. The molecule has 1 N–H and O–H groups in total. The molecule has 0 aromatic heterocycles. The van der Waals surface area contributed by atoms with Gasteiger partial charge in [0.05, 0.1) is 17.8 Å². The second-order valence-electron chi connectivity index (χ2n) is 9.21. The Balaban J connectivity index is 1.60. The number of carbonyl (C=O) groups excluding carboxylic acids is 3. The van der Waals surface area contributed by atoms with Crippen LogP contribution in [0.25, 0.3) is 11.1 Å². The fourth-order valence-electron chi connectivity index (χ4n) is 4.05. The van der Waals surface area contributed by atoms with Crippen molar-refractivity contribution in [3.8, 4) is 11.1 Å². The SMILES string of the molecule is CC(C)(C)CC(=O)N1CCN2C(=O)c3cc(-c4ccccc4)ccc3NC(=O)C2C1. The van der Waals surface area contributed by atoms with Gasteiger partial charge in [-0.2, -0.15) is 0 Å². The highest BCUT2D eigenvalue weighted by Crippen LogP contribution is 2.30. The number of rotatable bonds is 2. The van der Waals surface area contributed by atoms with Gasteiger partial charge in [0.25, 0.3) is 5.91 Å². The predicted molar refractivity (Wildman–Crippen MR) is 116 cm³/mol. The second kappa shape index (κ2) is 7.59. The molecular formula is C24H27N3O3. The van der Waals surface area contributed by atoms with E-state index >= 15 is 0 Å². The summed E-state index contributed by atoms with van der Waals surface area (Å²) >= 11 is 0. The number of hydrogen-bond donors (Lipinski definition) is 1. The average Bonchev–Trinajstić information content (AvgIpc) is 2.82. The van der Waals surface area contributed by atoms with Crippen molar-refractivity contribution in [2.45, 2.75) is 33.2 Å². The Morgan fingerprint density at radius 1 is 1.03 bits per heavy atom. The Bertz CT molecular complexity index is 995. The minimum absolute atomic E-state index is 0.0236. The van der Waals surface area contributed by atoms with Crippen molar-refractivity contribution in [2.75, 3.05) is 25.0 Å². The summed E-state index contributed by atoms with van der Waals surface area (Å²) in [7, 11) is 0. The molecule has 30 heavy (non-hydrogen) atoms. The maximum Gasteiger partial charge on any atom is 0.256 e. The standard InChI is InChI=1S/C24H27N3O3/c1-24(2,3)14-21(28)26-11-12-27-20(15-26)22(29)25-19-10-9-17(13-18(19)23(27)30)16-7-5-4-6-8-16/h4-10,13,20H,11-12,14-15H2,1-3H3,(H,25,29). The fourth-order valence-corrected chi connectivity index (χ4v) is 4.05. The first-order valence-electron chi connectivity index (χ1n) is 10.3. The number of anilines is 1. The van der Waals surface area contributed by atoms with Gasteiger partial charge in [-0.15, -0.1) is 0 Å². The van der Waals surface area contributed by atoms with E-state index in [1.807, 2.05) is 63.2 Å². The van der Waals surface area contributed by atoms with Gasteiger partial charge < -0.3 is 15.1 Å². The number of hydrogen-bond acceptors (Lipinski definition) is 3. The Kier molecular flexibility index (Phi) is 5.10. The topological polar surface area (TPSA) is 69.7 Å². The van der Waals surface area contributed by atoms with Crippen LogP contribution in [0.2, 0.25) is 0 Å². The van der Waals surface area contributed by atoms with E-state index in [4.69, 9.17) is 0 Å². The molecule has 0 saturated carbocycles. The molecule has 2 aromatic carbocycles. The molecule has 2 aliphatic heterocycles. The molecule has 3 amide bonds. The van der Waals surface area contributed by atoms with E-state index in [1.165, 1.54) is 0 Å². The third-order valence-electron chi connectivity index (χ3n) is 5.59. The molecule has 1 saturated heterocycles. The quantitative estimate of drug-likeness (QED) is 0.833. The molecule has 2 aromatic rings. The van der Waals surface area contributed by atoms with Crippen LogP contribution in [-0.4, -0.2) is 53.2 Å². The number of nitrogens with one attached hydrogen (secondary N) is 1. The fraction of sp³-hybridized carbons (Fsp3) is 0.375. The van der Waals surface area contributed by atoms with Crippen molar-refractivity contribution < 1.29 is 14.4 Å². The number of nitrogens with zero attached hydrogens (tertiary/aromatic N) is 2. The highest BCUT2D eigenvalue weighted by molar-refractivity contribution is 6.10. The van der Waals surface area contributed by atoms with Crippen molar-refractivity contribution >= 4 is 23.4 Å². The van der Waals surface area contributed by atoms with Crippen LogP contribution < -0.4 is 5.32 Å². The summed E-state index contributed by atoms with van der Waals surface area (Å²) in [5, 5.41) is 2.90. The van der Waals surface area contributed by atoms with Crippen LogP contribution in [0.4, 0.5) is 5.69 Å². The highest BCUT2D eigenvalue weighted by atomic mass is 16.2. The molecule has 2 heterocycles. The molecule has 0 spiro atoms. The lowest BCUT2D eigenvalue weighted by atomic mass is 9.91. The van der Waals surface area contributed by atoms with Crippen LogP contribution in [0, 0.1) is 5.41 Å². The monoisotopic (exact) mass is 405 g/mol. The Labute approximate surface area is 176 Å². The largest absolute Gasteiger partial charge is 0.338 e. The van der Waals surface area contributed by atoms with Crippen LogP contribution in [0.1, 0.15) is 37.6 Å². The van der Waals surface area contributed by atoms with Crippen LogP contribution in [0.5, 0.6) is 0 Å². The van der Waals surface area contributed by atoms with Crippen molar-refractivity contribution in [3.63, 3.8) is 0 Å². The second-order valence-corrected chi connectivity index (χ2v) is 9.21. The van der Waals surface area contributed by atoms with Gasteiger partial charge in [0, 0.05) is 19.5 Å². The summed E-state index contributed by atoms with van der Waals surface area (Å²) in [4.78, 5) is 42.3. The molecule has 0 bridgehead atoms. The molecular weight excluding hydrogens is 378 g/mol. The first-order valence-corrected chi connectivity index (χ1v) is 10.3. The molecule has 1 fully saturated rings. The minimum atomic E-state index is -0.678. The number of carbonyl (C=O) groups is 3. The number of piperazine rings is 1. The van der Waals surface area contributed by atoms with E-state index in [0.717, 1.165) is 11.1 Å². The van der Waals surface area contributed by atoms with Crippen LogP contribution >= 0.6 is 0 Å². The summed E-state index contributed by atoms with van der Waals surface area (Å²) in [6.07, 6.45) is 0.413. The van der Waals surface area contributed by atoms with E-state index in [2.05, 4.69) is 5.32 Å². The third kappa shape index (κ3) is 3.95. The van der Waals surface area contributed by atoms with Gasteiger partial charge in [-0.25, -0.2) is 0 Å². The van der Waals surface area contributed by atoms with E-state index in [1.54, 1.807) is 15.9 Å². The maximum atomic E-state index is 13.3. The van der Waals surface area contributed by atoms with Crippen LogP contribution in [-0.2, 0) is 9.59 Å². The van der Waals surface area contributed by atoms with Gasteiger partial charge in [0.15, 0.2) is 0 Å². The molecule has 156 valence electrons. The lowest BCUT2D eigenvalue weighted by Gasteiger charge is -2.40. The van der Waals surface area contributed by atoms with Gasteiger partial charge in [-0.3, -0.25) is 14.4 Å². The Hall–Kier alpha value is -3.15. The Morgan fingerprint density at radius 2 is 1.77 bits per heavy atom. The lowest BCUT2D eigenvalue weighted by Crippen LogP contribution is -2.59. The predicted octanol–water partition coefficient (Wildman–Crippen LogP) is 3.39. The van der Waals surface area contributed by atoms with Crippen molar-refractivity contribution in [1.29, 1.82) is 0 Å². The summed E-state index contributed by atoms with van der Waals surface area (Å²) in [5.74, 6) is -0.396. The number of fused-ring (bicyclic) bond motifs is 2. The van der Waals surface area contributed by atoms with Gasteiger partial charge in [0.2, 0.25) is 11.8 Å². The normalized spacial score (nSPS) is 19.0. The van der Waals surface area contributed by atoms with E-state index in [0.29, 0.717) is 30.8 Å².